The van der Waals surface area contributed by atoms with Gasteiger partial charge in [0.25, 0.3) is 11.8 Å². The third-order valence-electron chi connectivity index (χ3n) is 4.21. The van der Waals surface area contributed by atoms with Crippen LogP contribution in [0, 0.1) is 0 Å². The lowest BCUT2D eigenvalue weighted by Gasteiger charge is -2.12. The molecule has 0 aliphatic rings. The van der Waals surface area contributed by atoms with Crippen molar-refractivity contribution in [3.8, 4) is 5.75 Å². The summed E-state index contributed by atoms with van der Waals surface area (Å²) in [4.78, 5) is 24.4. The van der Waals surface area contributed by atoms with E-state index in [0.717, 1.165) is 10.9 Å². The number of carbonyl (C=O) groups is 2. The number of hydrazine groups is 1. The van der Waals surface area contributed by atoms with Gasteiger partial charge in [0.15, 0.2) is 5.11 Å². The molecule has 0 atom stereocenters. The number of thiocarbonyl (C=S) groups is 1. The molecule has 0 aliphatic carbocycles. The molecule has 0 spiro atoms. The van der Waals surface area contributed by atoms with Crippen molar-refractivity contribution in [1.29, 1.82) is 0 Å². The summed E-state index contributed by atoms with van der Waals surface area (Å²) in [6.07, 6.45) is 1.84. The summed E-state index contributed by atoms with van der Waals surface area (Å²) in [5.74, 6) is -0.0683. The van der Waals surface area contributed by atoms with Crippen molar-refractivity contribution in [1.82, 2.24) is 20.7 Å². The average Bonchev–Trinajstić information content (AvgIpc) is 3.16. The Hall–Kier alpha value is -3.43. The molecule has 3 rings (SSSR count). The van der Waals surface area contributed by atoms with Crippen molar-refractivity contribution in [2.45, 2.75) is 6.54 Å². The molecule has 156 valence electrons. The molecule has 1 aromatic heterocycles. The molecule has 3 aromatic rings. The minimum absolute atomic E-state index is 0.00821. The van der Waals surface area contributed by atoms with Crippen molar-refractivity contribution in [2.24, 2.45) is 0 Å². The van der Waals surface area contributed by atoms with Crippen molar-refractivity contribution >= 4 is 40.0 Å². The van der Waals surface area contributed by atoms with E-state index in [1.165, 1.54) is 0 Å². The summed E-state index contributed by atoms with van der Waals surface area (Å²) in [6.45, 7) is 1.02. The maximum atomic E-state index is 12.3. The Labute approximate surface area is 179 Å². The van der Waals surface area contributed by atoms with Gasteiger partial charge in [-0.1, -0.05) is 18.2 Å². The number of fused-ring (bicyclic) bond motifs is 1. The lowest BCUT2D eigenvalue weighted by atomic mass is 10.2. The maximum absolute atomic E-state index is 12.3. The smallest absolute Gasteiger partial charge is 0.258 e. The number of para-hydroxylation sites is 1. The van der Waals surface area contributed by atoms with E-state index in [1.807, 2.05) is 41.1 Å². The van der Waals surface area contributed by atoms with E-state index in [0.29, 0.717) is 24.5 Å². The van der Waals surface area contributed by atoms with E-state index in [4.69, 9.17) is 21.7 Å². The number of hydrogen-bond donors (Lipinski definition) is 3. The molecule has 8 nitrogen and oxygen atoms in total. The predicted molar refractivity (Wildman–Crippen MR) is 117 cm³/mol. The van der Waals surface area contributed by atoms with Gasteiger partial charge in [-0.2, -0.15) is 0 Å². The van der Waals surface area contributed by atoms with Crippen molar-refractivity contribution in [3.63, 3.8) is 0 Å². The van der Waals surface area contributed by atoms with Gasteiger partial charge in [0.05, 0.1) is 6.61 Å². The average molecular weight is 426 g/mol. The van der Waals surface area contributed by atoms with Gasteiger partial charge in [-0.05, 0) is 54.0 Å². The summed E-state index contributed by atoms with van der Waals surface area (Å²) >= 11 is 5.07. The van der Waals surface area contributed by atoms with Crippen LogP contribution in [0.5, 0.6) is 5.75 Å². The Bertz CT molecular complexity index is 1030. The Morgan fingerprint density at radius 3 is 2.53 bits per heavy atom. The van der Waals surface area contributed by atoms with Crippen LogP contribution >= 0.6 is 12.2 Å². The third-order valence-corrected chi connectivity index (χ3v) is 4.41. The molecule has 2 amide bonds. The Balaban J connectivity index is 1.44. The predicted octanol–water partition coefficient (Wildman–Crippen LogP) is 2.00. The lowest BCUT2D eigenvalue weighted by molar-refractivity contribution is -0.122. The van der Waals surface area contributed by atoms with Gasteiger partial charge in [-0.25, -0.2) is 0 Å². The van der Waals surface area contributed by atoms with E-state index >= 15 is 0 Å². The third kappa shape index (κ3) is 5.79. The second kappa shape index (κ2) is 10.4. The number of rotatable bonds is 7. The fourth-order valence-electron chi connectivity index (χ4n) is 2.75. The second-order valence-corrected chi connectivity index (χ2v) is 6.73. The largest absolute Gasteiger partial charge is 0.491 e. The number of methoxy groups -OCH3 is 1. The van der Waals surface area contributed by atoms with Gasteiger partial charge in [0.1, 0.15) is 18.9 Å². The molecular weight excluding hydrogens is 404 g/mol. The van der Waals surface area contributed by atoms with Crippen LogP contribution in [0.1, 0.15) is 10.4 Å². The standard InChI is InChI=1S/C21H22N4O4S/c1-28-12-13-29-17-8-6-16(7-9-17)20(27)22-21(30)24-23-19(26)14-25-11-10-15-4-2-3-5-18(15)25/h2-11H,12-14H2,1H3,(H,23,26)(H2,22,24,27,30). The van der Waals surface area contributed by atoms with Crippen molar-refractivity contribution < 1.29 is 19.1 Å². The Kier molecular flexibility index (Phi) is 7.36. The first-order valence-corrected chi connectivity index (χ1v) is 9.63. The molecule has 0 fully saturated rings. The second-order valence-electron chi connectivity index (χ2n) is 6.32. The van der Waals surface area contributed by atoms with E-state index in [-0.39, 0.29) is 17.6 Å². The fourth-order valence-corrected chi connectivity index (χ4v) is 2.89. The van der Waals surface area contributed by atoms with Gasteiger partial charge in [-0.15, -0.1) is 0 Å². The molecule has 0 radical (unpaired) electrons. The quantitative estimate of drug-likeness (QED) is 0.304. The molecule has 0 unspecified atom stereocenters. The number of nitrogens with zero attached hydrogens (tertiary/aromatic N) is 1. The monoisotopic (exact) mass is 426 g/mol. The van der Waals surface area contributed by atoms with E-state index < -0.39 is 5.91 Å². The number of benzene rings is 2. The summed E-state index contributed by atoms with van der Waals surface area (Å²) in [7, 11) is 1.60. The highest BCUT2D eigenvalue weighted by Gasteiger charge is 2.10. The number of aromatic nitrogens is 1. The normalized spacial score (nSPS) is 10.4. The van der Waals surface area contributed by atoms with E-state index in [1.54, 1.807) is 31.4 Å². The molecule has 0 saturated carbocycles. The zero-order chi connectivity index (χ0) is 21.3. The minimum atomic E-state index is -0.401. The zero-order valence-corrected chi connectivity index (χ0v) is 17.2. The fraction of sp³-hybridized carbons (Fsp3) is 0.190. The van der Waals surface area contributed by atoms with E-state index in [2.05, 4.69) is 16.2 Å². The highest BCUT2D eigenvalue weighted by atomic mass is 32.1. The molecular formula is C21H22N4O4S. The van der Waals surface area contributed by atoms with Gasteiger partial charge >= 0.3 is 0 Å². The SMILES string of the molecule is COCCOc1ccc(C(=O)NC(=S)NNC(=O)Cn2ccc3ccccc32)cc1. The highest BCUT2D eigenvalue weighted by molar-refractivity contribution is 7.80. The Morgan fingerprint density at radius 2 is 1.77 bits per heavy atom. The van der Waals surface area contributed by atoms with Crippen LogP contribution in [-0.2, 0) is 16.1 Å². The van der Waals surface area contributed by atoms with Gasteiger partial charge in [-0.3, -0.25) is 25.8 Å². The van der Waals surface area contributed by atoms with Crippen LogP contribution in [0.3, 0.4) is 0 Å². The molecule has 0 aliphatic heterocycles. The van der Waals surface area contributed by atoms with Gasteiger partial charge < -0.3 is 14.0 Å². The van der Waals surface area contributed by atoms with Crippen LogP contribution in [0.25, 0.3) is 10.9 Å². The highest BCUT2D eigenvalue weighted by Crippen LogP contribution is 2.14. The van der Waals surface area contributed by atoms with Crippen LogP contribution < -0.4 is 20.9 Å². The molecule has 1 heterocycles. The van der Waals surface area contributed by atoms with Crippen LogP contribution in [0.15, 0.2) is 60.8 Å². The first-order valence-electron chi connectivity index (χ1n) is 9.22. The van der Waals surface area contributed by atoms with Crippen molar-refractivity contribution in [3.05, 3.63) is 66.4 Å². The number of nitrogens with one attached hydrogen (secondary N) is 3. The van der Waals surface area contributed by atoms with Crippen LogP contribution in [-0.4, -0.2) is 41.8 Å². The number of amides is 2. The molecule has 0 saturated heterocycles. The maximum Gasteiger partial charge on any atom is 0.258 e. The van der Waals surface area contributed by atoms with Gasteiger partial charge in [0, 0.05) is 24.4 Å². The van der Waals surface area contributed by atoms with Gasteiger partial charge in [0.2, 0.25) is 0 Å². The summed E-state index contributed by atoms with van der Waals surface area (Å²) < 4.78 is 12.2. The van der Waals surface area contributed by atoms with Crippen LogP contribution in [0.4, 0.5) is 0 Å². The number of carbonyl (C=O) groups excluding carboxylic acids is 2. The lowest BCUT2D eigenvalue weighted by Crippen LogP contribution is -2.49. The number of hydrogen-bond acceptors (Lipinski definition) is 5. The first-order chi connectivity index (χ1) is 14.6. The molecule has 2 aromatic carbocycles. The summed E-state index contributed by atoms with van der Waals surface area (Å²) in [5, 5.41) is 3.55. The van der Waals surface area contributed by atoms with E-state index in [9.17, 15) is 9.59 Å². The topological polar surface area (TPSA) is 93.6 Å². The summed E-state index contributed by atoms with van der Waals surface area (Å²) in [6, 6.07) is 16.3. The first kappa shape index (κ1) is 21.3. The molecule has 30 heavy (non-hydrogen) atoms. The van der Waals surface area contributed by atoms with Crippen LogP contribution in [0.2, 0.25) is 0 Å². The summed E-state index contributed by atoms with van der Waals surface area (Å²) in [5.41, 5.74) is 6.38. The molecule has 3 N–H and O–H groups in total. The molecule has 0 bridgehead atoms. The Morgan fingerprint density at radius 1 is 1.00 bits per heavy atom. The molecule has 9 heteroatoms. The zero-order valence-electron chi connectivity index (χ0n) is 16.4. The number of ether oxygens (including phenoxy) is 2. The minimum Gasteiger partial charge on any atom is -0.491 e. The van der Waals surface area contributed by atoms with Crippen molar-refractivity contribution in [2.75, 3.05) is 20.3 Å².